The van der Waals surface area contributed by atoms with Crippen molar-refractivity contribution in [1.29, 1.82) is 0 Å². The summed E-state index contributed by atoms with van der Waals surface area (Å²) in [6, 6.07) is 8.23. The molecule has 1 rings (SSSR count). The van der Waals surface area contributed by atoms with Crippen LogP contribution in [0.5, 0.6) is 0 Å². The van der Waals surface area contributed by atoms with Crippen LogP contribution in [0.3, 0.4) is 0 Å². The zero-order valence-corrected chi connectivity index (χ0v) is 13.1. The van der Waals surface area contributed by atoms with Gasteiger partial charge in [-0.3, -0.25) is 4.79 Å². The molecule has 1 N–H and O–H groups in total. The number of rotatable bonds is 6. The van der Waals surface area contributed by atoms with Gasteiger partial charge in [-0.25, -0.2) is 0 Å². The molecular weight excluding hydrogens is 260 g/mol. The molecule has 0 unspecified atom stereocenters. The number of nitrogens with one attached hydrogen (secondary N) is 1. The van der Waals surface area contributed by atoms with E-state index in [9.17, 15) is 4.79 Å². The zero-order chi connectivity index (χ0) is 13.5. The monoisotopic (exact) mass is 284 g/mol. The molecule has 19 heavy (non-hydrogen) atoms. The van der Waals surface area contributed by atoms with Gasteiger partial charge in [-0.2, -0.15) is 0 Å². The van der Waals surface area contributed by atoms with Crippen molar-refractivity contribution in [3.63, 3.8) is 0 Å². The summed E-state index contributed by atoms with van der Waals surface area (Å²) in [5, 5.41) is 3.05. The van der Waals surface area contributed by atoms with Gasteiger partial charge in [0.25, 0.3) is 0 Å². The number of carbonyl (C=O) groups is 1. The molecule has 0 spiro atoms. The quantitative estimate of drug-likeness (QED) is 0.814. The van der Waals surface area contributed by atoms with Gasteiger partial charge >= 0.3 is 0 Å². The summed E-state index contributed by atoms with van der Waals surface area (Å²) in [7, 11) is 3.74. The lowest BCUT2D eigenvalue weighted by molar-refractivity contribution is -0.118. The molecule has 0 bridgehead atoms. The van der Waals surface area contributed by atoms with Crippen molar-refractivity contribution in [3.05, 3.63) is 29.8 Å². The highest BCUT2D eigenvalue weighted by Crippen LogP contribution is 2.19. The Kier molecular flexibility index (Phi) is 8.44. The summed E-state index contributed by atoms with van der Waals surface area (Å²) in [6.45, 7) is 5.22. The maximum Gasteiger partial charge on any atom is 0.226 e. The molecule has 3 nitrogen and oxygen atoms in total. The highest BCUT2D eigenvalue weighted by molar-refractivity contribution is 5.92. The van der Waals surface area contributed by atoms with Gasteiger partial charge in [-0.15, -0.1) is 12.4 Å². The van der Waals surface area contributed by atoms with Crippen molar-refractivity contribution in [2.24, 2.45) is 0 Å². The molecule has 1 aromatic carbocycles. The van der Waals surface area contributed by atoms with Gasteiger partial charge < -0.3 is 10.2 Å². The first kappa shape index (κ1) is 17.9. The van der Waals surface area contributed by atoms with Crippen LogP contribution in [-0.4, -0.2) is 26.5 Å². The van der Waals surface area contributed by atoms with Crippen LogP contribution in [0.15, 0.2) is 24.3 Å². The second kappa shape index (κ2) is 8.94. The summed E-state index contributed by atoms with van der Waals surface area (Å²) >= 11 is 0. The summed E-state index contributed by atoms with van der Waals surface area (Å²) < 4.78 is 0. The predicted molar refractivity (Wildman–Crippen MR) is 84.3 cm³/mol. The number of hydrogen-bond acceptors (Lipinski definition) is 2. The van der Waals surface area contributed by atoms with Crippen molar-refractivity contribution >= 4 is 24.0 Å². The topological polar surface area (TPSA) is 32.3 Å². The fourth-order valence-electron chi connectivity index (χ4n) is 1.81. The number of hydrogen-bond donors (Lipinski definition) is 1. The van der Waals surface area contributed by atoms with E-state index in [1.165, 1.54) is 5.56 Å². The van der Waals surface area contributed by atoms with Crippen LogP contribution in [0, 0.1) is 0 Å². The standard InChI is InChI=1S/C15H24N2O.ClH/c1-12(2)13-7-9-14(10-8-13)17(4)15(18)6-5-11-16-3;/h7-10,12,16H,5-6,11H2,1-4H3;1H. The van der Waals surface area contributed by atoms with E-state index in [2.05, 4.69) is 31.3 Å². The van der Waals surface area contributed by atoms with E-state index in [1.54, 1.807) is 4.90 Å². The molecule has 0 atom stereocenters. The van der Waals surface area contributed by atoms with Crippen molar-refractivity contribution in [3.8, 4) is 0 Å². The van der Waals surface area contributed by atoms with Gasteiger partial charge in [0.2, 0.25) is 5.91 Å². The molecule has 4 heteroatoms. The minimum Gasteiger partial charge on any atom is -0.320 e. The first-order valence-corrected chi connectivity index (χ1v) is 6.57. The number of amides is 1. The Morgan fingerprint density at radius 2 is 1.84 bits per heavy atom. The Labute approximate surface area is 122 Å². The highest BCUT2D eigenvalue weighted by atomic mass is 35.5. The van der Waals surface area contributed by atoms with Crippen molar-refractivity contribution in [2.45, 2.75) is 32.6 Å². The lowest BCUT2D eigenvalue weighted by Crippen LogP contribution is -2.26. The third-order valence-corrected chi connectivity index (χ3v) is 3.14. The molecule has 1 aromatic rings. The predicted octanol–water partition coefficient (Wildman–Crippen LogP) is 3.19. The van der Waals surface area contributed by atoms with Crippen LogP contribution < -0.4 is 10.2 Å². The van der Waals surface area contributed by atoms with E-state index < -0.39 is 0 Å². The molecule has 0 radical (unpaired) electrons. The molecule has 0 saturated heterocycles. The van der Waals surface area contributed by atoms with Gasteiger partial charge in [-0.1, -0.05) is 26.0 Å². The van der Waals surface area contributed by atoms with E-state index in [4.69, 9.17) is 0 Å². The van der Waals surface area contributed by atoms with Crippen LogP contribution >= 0.6 is 12.4 Å². The van der Waals surface area contributed by atoms with E-state index in [-0.39, 0.29) is 18.3 Å². The van der Waals surface area contributed by atoms with Crippen LogP contribution in [-0.2, 0) is 4.79 Å². The molecular formula is C15H25ClN2O. The SMILES string of the molecule is CNCCCC(=O)N(C)c1ccc(C(C)C)cc1.Cl. The summed E-state index contributed by atoms with van der Waals surface area (Å²) in [6.07, 6.45) is 1.47. The van der Waals surface area contributed by atoms with Crippen LogP contribution in [0.2, 0.25) is 0 Å². The molecule has 0 aromatic heterocycles. The zero-order valence-electron chi connectivity index (χ0n) is 12.3. The molecule has 0 aliphatic rings. The van der Waals surface area contributed by atoms with Gasteiger partial charge in [0.05, 0.1) is 0 Å². The van der Waals surface area contributed by atoms with E-state index in [0.29, 0.717) is 12.3 Å². The summed E-state index contributed by atoms with van der Waals surface area (Å²) in [4.78, 5) is 13.7. The fourth-order valence-corrected chi connectivity index (χ4v) is 1.81. The molecule has 0 aliphatic carbocycles. The fraction of sp³-hybridized carbons (Fsp3) is 0.533. The second-order valence-electron chi connectivity index (χ2n) is 4.91. The Morgan fingerprint density at radius 1 is 1.26 bits per heavy atom. The van der Waals surface area contributed by atoms with Crippen molar-refractivity contribution < 1.29 is 4.79 Å². The first-order valence-electron chi connectivity index (χ1n) is 6.57. The minimum absolute atomic E-state index is 0. The maximum atomic E-state index is 11.9. The summed E-state index contributed by atoms with van der Waals surface area (Å²) in [5.41, 5.74) is 2.27. The molecule has 108 valence electrons. The molecule has 0 fully saturated rings. The van der Waals surface area contributed by atoms with Crippen LogP contribution in [0.1, 0.15) is 38.2 Å². The van der Waals surface area contributed by atoms with E-state index >= 15 is 0 Å². The largest absolute Gasteiger partial charge is 0.320 e. The molecule has 0 aliphatic heterocycles. The van der Waals surface area contributed by atoms with E-state index in [1.807, 2.05) is 26.2 Å². The van der Waals surface area contributed by atoms with Crippen molar-refractivity contribution in [2.75, 3.05) is 25.5 Å². The number of nitrogens with zero attached hydrogens (tertiary/aromatic N) is 1. The van der Waals surface area contributed by atoms with Gasteiger partial charge in [-0.05, 0) is 43.6 Å². The van der Waals surface area contributed by atoms with Gasteiger partial charge in [0.15, 0.2) is 0 Å². The Hall–Kier alpha value is -1.06. The van der Waals surface area contributed by atoms with Crippen molar-refractivity contribution in [1.82, 2.24) is 5.32 Å². The number of anilines is 1. The second-order valence-corrected chi connectivity index (χ2v) is 4.91. The first-order chi connectivity index (χ1) is 8.56. The Morgan fingerprint density at radius 3 is 2.32 bits per heavy atom. The minimum atomic E-state index is 0. The third kappa shape index (κ3) is 5.62. The van der Waals surface area contributed by atoms with Gasteiger partial charge in [0, 0.05) is 19.2 Å². The van der Waals surface area contributed by atoms with Gasteiger partial charge in [0.1, 0.15) is 0 Å². The van der Waals surface area contributed by atoms with Crippen LogP contribution in [0.25, 0.3) is 0 Å². The Bertz CT molecular complexity index is 376. The number of carbonyl (C=O) groups excluding carboxylic acids is 1. The van der Waals surface area contributed by atoms with Crippen LogP contribution in [0.4, 0.5) is 5.69 Å². The average Bonchev–Trinajstić information content (AvgIpc) is 2.38. The summed E-state index contributed by atoms with van der Waals surface area (Å²) in [5.74, 6) is 0.693. The molecule has 0 heterocycles. The third-order valence-electron chi connectivity index (χ3n) is 3.14. The number of benzene rings is 1. The molecule has 0 saturated carbocycles. The lowest BCUT2D eigenvalue weighted by Gasteiger charge is -2.18. The maximum absolute atomic E-state index is 11.9. The van der Waals surface area contributed by atoms with E-state index in [0.717, 1.165) is 18.7 Å². The lowest BCUT2D eigenvalue weighted by atomic mass is 10.0. The Balaban J connectivity index is 0.00000324. The normalized spacial score (nSPS) is 10.2. The highest BCUT2D eigenvalue weighted by Gasteiger charge is 2.10. The average molecular weight is 285 g/mol. The smallest absolute Gasteiger partial charge is 0.226 e. The number of halogens is 1. The molecule has 1 amide bonds.